The van der Waals surface area contributed by atoms with Gasteiger partial charge in [0.15, 0.2) is 5.65 Å². The molecule has 19 heavy (non-hydrogen) atoms. The number of hydrogen-bond acceptors (Lipinski definition) is 5. The summed E-state index contributed by atoms with van der Waals surface area (Å²) >= 11 is 0. The van der Waals surface area contributed by atoms with Gasteiger partial charge in [-0.3, -0.25) is 0 Å². The van der Waals surface area contributed by atoms with Gasteiger partial charge in [-0.05, 0) is 30.8 Å². The van der Waals surface area contributed by atoms with E-state index in [2.05, 4.69) is 15.0 Å². The summed E-state index contributed by atoms with van der Waals surface area (Å²) < 4.78 is 5.21. The Morgan fingerprint density at radius 2 is 2.05 bits per heavy atom. The van der Waals surface area contributed by atoms with Crippen LogP contribution in [0.1, 0.15) is 5.82 Å². The van der Waals surface area contributed by atoms with Crippen molar-refractivity contribution < 1.29 is 4.74 Å². The molecular weight excluding hydrogens is 240 g/mol. The maximum Gasteiger partial charge on any atom is 0.163 e. The van der Waals surface area contributed by atoms with Crippen LogP contribution in [-0.4, -0.2) is 28.6 Å². The average molecular weight is 254 g/mol. The highest BCUT2D eigenvalue weighted by atomic mass is 16.5. The van der Waals surface area contributed by atoms with Crippen molar-refractivity contribution in [2.24, 2.45) is 5.73 Å². The molecule has 0 fully saturated rings. The van der Waals surface area contributed by atoms with Gasteiger partial charge >= 0.3 is 0 Å². The van der Waals surface area contributed by atoms with E-state index in [0.29, 0.717) is 18.6 Å². The molecule has 0 radical (unpaired) electrons. The fourth-order valence-corrected chi connectivity index (χ4v) is 2.02. The number of fused-ring (bicyclic) bond motifs is 2. The highest BCUT2D eigenvalue weighted by molar-refractivity contribution is 5.91. The van der Waals surface area contributed by atoms with E-state index >= 15 is 0 Å². The second kappa shape index (κ2) is 4.78. The van der Waals surface area contributed by atoms with Crippen molar-refractivity contribution in [1.29, 1.82) is 0 Å². The second-order valence-electron chi connectivity index (χ2n) is 4.28. The molecule has 96 valence electrons. The van der Waals surface area contributed by atoms with Crippen LogP contribution < -0.4 is 10.5 Å². The van der Waals surface area contributed by atoms with Crippen molar-refractivity contribution in [3.05, 3.63) is 36.3 Å². The Balaban J connectivity index is 2.19. The van der Waals surface area contributed by atoms with E-state index in [-0.39, 0.29) is 0 Å². The molecule has 0 unspecified atom stereocenters. The summed E-state index contributed by atoms with van der Waals surface area (Å²) in [6.07, 6.45) is 2.46. The molecule has 0 saturated carbocycles. The first-order valence-electron chi connectivity index (χ1n) is 6.10. The minimum absolute atomic E-state index is 0.538. The van der Waals surface area contributed by atoms with Gasteiger partial charge < -0.3 is 10.5 Å². The summed E-state index contributed by atoms with van der Waals surface area (Å²) in [6, 6.07) is 7.80. The molecule has 0 aliphatic rings. The Kier molecular flexibility index (Phi) is 2.97. The van der Waals surface area contributed by atoms with Crippen molar-refractivity contribution >= 4 is 21.9 Å². The molecule has 0 aliphatic heterocycles. The number of ether oxygens (including phenoxy) is 1. The topological polar surface area (TPSA) is 73.9 Å². The molecule has 2 heterocycles. The summed E-state index contributed by atoms with van der Waals surface area (Å²) in [7, 11) is 1.65. The van der Waals surface area contributed by atoms with Crippen molar-refractivity contribution in [2.75, 3.05) is 13.7 Å². The molecule has 0 bridgehead atoms. The zero-order chi connectivity index (χ0) is 13.2. The van der Waals surface area contributed by atoms with Gasteiger partial charge in [-0.2, -0.15) is 0 Å². The maximum absolute atomic E-state index is 5.51. The van der Waals surface area contributed by atoms with Crippen LogP contribution in [0.4, 0.5) is 0 Å². The summed E-state index contributed by atoms with van der Waals surface area (Å²) in [5.74, 6) is 1.55. The van der Waals surface area contributed by atoms with Crippen LogP contribution in [0.15, 0.2) is 30.5 Å². The van der Waals surface area contributed by atoms with Gasteiger partial charge in [0.2, 0.25) is 0 Å². The SMILES string of the molecule is COc1ccc2nc3nc(CCN)ncc3cc2c1. The maximum atomic E-state index is 5.51. The quantitative estimate of drug-likeness (QED) is 0.720. The molecule has 3 aromatic rings. The number of nitrogens with zero attached hydrogens (tertiary/aromatic N) is 3. The summed E-state index contributed by atoms with van der Waals surface area (Å²) in [6.45, 7) is 0.538. The number of benzene rings is 1. The monoisotopic (exact) mass is 254 g/mol. The van der Waals surface area contributed by atoms with E-state index in [1.165, 1.54) is 0 Å². The smallest absolute Gasteiger partial charge is 0.163 e. The number of rotatable bonds is 3. The molecule has 0 saturated heterocycles. The van der Waals surface area contributed by atoms with Crippen molar-refractivity contribution in [1.82, 2.24) is 15.0 Å². The molecule has 0 amide bonds. The zero-order valence-corrected chi connectivity index (χ0v) is 10.6. The molecule has 0 aliphatic carbocycles. The Bertz CT molecular complexity index is 742. The van der Waals surface area contributed by atoms with Crippen LogP contribution in [0.25, 0.3) is 21.9 Å². The predicted octanol–water partition coefficient (Wildman–Crippen LogP) is 1.69. The Morgan fingerprint density at radius 3 is 2.84 bits per heavy atom. The lowest BCUT2D eigenvalue weighted by Crippen LogP contribution is -2.06. The van der Waals surface area contributed by atoms with Gasteiger partial charge in [-0.15, -0.1) is 0 Å². The number of pyridine rings is 1. The molecule has 0 atom stereocenters. The molecule has 2 aromatic heterocycles. The van der Waals surface area contributed by atoms with Crippen molar-refractivity contribution in [2.45, 2.75) is 6.42 Å². The average Bonchev–Trinajstić information content (AvgIpc) is 2.45. The van der Waals surface area contributed by atoms with E-state index in [4.69, 9.17) is 10.5 Å². The number of nitrogens with two attached hydrogens (primary N) is 1. The second-order valence-corrected chi connectivity index (χ2v) is 4.28. The van der Waals surface area contributed by atoms with Crippen molar-refractivity contribution in [3.8, 4) is 5.75 Å². The number of methoxy groups -OCH3 is 1. The van der Waals surface area contributed by atoms with E-state index in [9.17, 15) is 0 Å². The first-order valence-corrected chi connectivity index (χ1v) is 6.10. The standard InChI is InChI=1S/C14H14N4O/c1-19-11-2-3-12-9(7-11)6-10-8-16-13(4-5-15)18-14(10)17-12/h2-3,6-8H,4-5,15H2,1H3. The van der Waals surface area contributed by atoms with Gasteiger partial charge in [0.25, 0.3) is 0 Å². The van der Waals surface area contributed by atoms with Gasteiger partial charge in [0.05, 0.1) is 12.6 Å². The van der Waals surface area contributed by atoms with Gasteiger partial charge in [0, 0.05) is 23.4 Å². The van der Waals surface area contributed by atoms with Crippen LogP contribution in [0.3, 0.4) is 0 Å². The normalized spacial score (nSPS) is 11.1. The third-order valence-electron chi connectivity index (χ3n) is 2.99. The van der Waals surface area contributed by atoms with Crippen LogP contribution in [0.5, 0.6) is 5.75 Å². The lowest BCUT2D eigenvalue weighted by atomic mass is 10.2. The Morgan fingerprint density at radius 1 is 1.16 bits per heavy atom. The van der Waals surface area contributed by atoms with E-state index < -0.39 is 0 Å². The van der Waals surface area contributed by atoms with Crippen LogP contribution in [0, 0.1) is 0 Å². The fourth-order valence-electron chi connectivity index (χ4n) is 2.02. The molecule has 5 nitrogen and oxygen atoms in total. The van der Waals surface area contributed by atoms with E-state index in [0.717, 1.165) is 27.9 Å². The lowest BCUT2D eigenvalue weighted by molar-refractivity contribution is 0.415. The predicted molar refractivity (Wildman–Crippen MR) is 74.1 cm³/mol. The third-order valence-corrected chi connectivity index (χ3v) is 2.99. The first kappa shape index (κ1) is 11.8. The summed E-state index contributed by atoms with van der Waals surface area (Å²) in [5, 5.41) is 1.93. The Hall–Kier alpha value is -2.27. The summed E-state index contributed by atoms with van der Waals surface area (Å²) in [4.78, 5) is 13.3. The van der Waals surface area contributed by atoms with Crippen LogP contribution >= 0.6 is 0 Å². The first-order chi connectivity index (χ1) is 9.30. The molecule has 2 N–H and O–H groups in total. The Labute approximate surface area is 110 Å². The minimum Gasteiger partial charge on any atom is -0.497 e. The molecule has 0 spiro atoms. The van der Waals surface area contributed by atoms with Crippen molar-refractivity contribution in [3.63, 3.8) is 0 Å². The molecule has 5 heteroatoms. The summed E-state index contributed by atoms with van der Waals surface area (Å²) in [5.41, 5.74) is 7.11. The largest absolute Gasteiger partial charge is 0.497 e. The van der Waals surface area contributed by atoms with E-state index in [1.807, 2.05) is 24.3 Å². The van der Waals surface area contributed by atoms with Crippen LogP contribution in [0.2, 0.25) is 0 Å². The van der Waals surface area contributed by atoms with Crippen LogP contribution in [-0.2, 0) is 6.42 Å². The molecular formula is C14H14N4O. The van der Waals surface area contributed by atoms with Gasteiger partial charge in [-0.1, -0.05) is 0 Å². The highest BCUT2D eigenvalue weighted by Gasteiger charge is 2.04. The van der Waals surface area contributed by atoms with Gasteiger partial charge in [0.1, 0.15) is 11.6 Å². The fraction of sp³-hybridized carbons (Fsp3) is 0.214. The minimum atomic E-state index is 0.538. The lowest BCUT2D eigenvalue weighted by Gasteiger charge is -2.04. The van der Waals surface area contributed by atoms with E-state index in [1.54, 1.807) is 13.3 Å². The number of hydrogen-bond donors (Lipinski definition) is 1. The molecule has 3 rings (SSSR count). The third kappa shape index (κ3) is 2.20. The highest BCUT2D eigenvalue weighted by Crippen LogP contribution is 2.22. The molecule has 1 aromatic carbocycles. The zero-order valence-electron chi connectivity index (χ0n) is 10.6. The van der Waals surface area contributed by atoms with Gasteiger partial charge in [-0.25, -0.2) is 15.0 Å². The number of aromatic nitrogens is 3.